The highest BCUT2D eigenvalue weighted by atomic mass is 19.1. The van der Waals surface area contributed by atoms with E-state index in [1.807, 2.05) is 19.2 Å². The van der Waals surface area contributed by atoms with Crippen molar-refractivity contribution in [3.8, 4) is 0 Å². The molecular formula is C13H18FN3. The smallest absolute Gasteiger partial charge is 0.190 e. The molecule has 3 nitrogen and oxygen atoms in total. The summed E-state index contributed by atoms with van der Waals surface area (Å²) in [4.78, 5) is 4.05. The van der Waals surface area contributed by atoms with Crippen molar-refractivity contribution in [1.29, 1.82) is 0 Å². The zero-order chi connectivity index (χ0) is 12.3. The van der Waals surface area contributed by atoms with E-state index in [1.54, 1.807) is 13.1 Å². The largest absolute Gasteiger partial charge is 0.359 e. The number of rotatable bonds is 3. The van der Waals surface area contributed by atoms with Gasteiger partial charge in [0.25, 0.3) is 0 Å². The molecule has 1 fully saturated rings. The maximum Gasteiger partial charge on any atom is 0.190 e. The highest BCUT2D eigenvalue weighted by Crippen LogP contribution is 2.48. The van der Waals surface area contributed by atoms with Gasteiger partial charge in [0.05, 0.1) is 0 Å². The SMILES string of the molecule is CN=C(NC)NCC1(c2ccccc2F)CC1. The highest BCUT2D eigenvalue weighted by Gasteiger charge is 2.45. The van der Waals surface area contributed by atoms with Crippen LogP contribution in [0.2, 0.25) is 0 Å². The fourth-order valence-electron chi connectivity index (χ4n) is 2.12. The zero-order valence-electron chi connectivity index (χ0n) is 10.3. The van der Waals surface area contributed by atoms with E-state index >= 15 is 0 Å². The lowest BCUT2D eigenvalue weighted by Crippen LogP contribution is -2.39. The van der Waals surface area contributed by atoms with Crippen LogP contribution in [0.4, 0.5) is 4.39 Å². The predicted octanol–water partition coefficient (Wildman–Crippen LogP) is 1.65. The van der Waals surface area contributed by atoms with Crippen LogP contribution in [0.25, 0.3) is 0 Å². The van der Waals surface area contributed by atoms with Crippen LogP contribution in [0.3, 0.4) is 0 Å². The van der Waals surface area contributed by atoms with E-state index in [4.69, 9.17) is 0 Å². The van der Waals surface area contributed by atoms with E-state index < -0.39 is 0 Å². The van der Waals surface area contributed by atoms with Gasteiger partial charge in [0.15, 0.2) is 5.96 Å². The third-order valence-electron chi connectivity index (χ3n) is 3.35. The Labute approximate surface area is 101 Å². The molecule has 0 amide bonds. The zero-order valence-corrected chi connectivity index (χ0v) is 10.3. The summed E-state index contributed by atoms with van der Waals surface area (Å²) >= 11 is 0. The van der Waals surface area contributed by atoms with Crippen molar-refractivity contribution in [1.82, 2.24) is 10.6 Å². The maximum absolute atomic E-state index is 13.7. The monoisotopic (exact) mass is 235 g/mol. The minimum Gasteiger partial charge on any atom is -0.359 e. The van der Waals surface area contributed by atoms with E-state index in [9.17, 15) is 4.39 Å². The topological polar surface area (TPSA) is 36.4 Å². The molecular weight excluding hydrogens is 217 g/mol. The van der Waals surface area contributed by atoms with Gasteiger partial charge in [-0.15, -0.1) is 0 Å². The molecule has 0 atom stereocenters. The lowest BCUT2D eigenvalue weighted by atomic mass is 9.95. The molecule has 0 heterocycles. The Morgan fingerprint density at radius 3 is 2.65 bits per heavy atom. The van der Waals surface area contributed by atoms with Crippen LogP contribution < -0.4 is 10.6 Å². The lowest BCUT2D eigenvalue weighted by molar-refractivity contribution is 0.560. The maximum atomic E-state index is 13.7. The molecule has 4 heteroatoms. The van der Waals surface area contributed by atoms with E-state index in [0.717, 1.165) is 30.9 Å². The third kappa shape index (κ3) is 2.40. The van der Waals surface area contributed by atoms with Crippen molar-refractivity contribution < 1.29 is 4.39 Å². The molecule has 1 saturated carbocycles. The Morgan fingerprint density at radius 1 is 1.41 bits per heavy atom. The second kappa shape index (κ2) is 4.73. The van der Waals surface area contributed by atoms with E-state index in [-0.39, 0.29) is 11.2 Å². The normalized spacial score (nSPS) is 17.7. The van der Waals surface area contributed by atoms with Gasteiger partial charge in [0, 0.05) is 26.1 Å². The minimum absolute atomic E-state index is 0.0435. The number of nitrogens with one attached hydrogen (secondary N) is 2. The van der Waals surface area contributed by atoms with E-state index in [2.05, 4.69) is 15.6 Å². The summed E-state index contributed by atoms with van der Waals surface area (Å²) in [5.41, 5.74) is 0.775. The molecule has 1 aromatic carbocycles. The molecule has 17 heavy (non-hydrogen) atoms. The predicted molar refractivity (Wildman–Crippen MR) is 67.7 cm³/mol. The fraction of sp³-hybridized carbons (Fsp3) is 0.462. The van der Waals surface area contributed by atoms with E-state index in [0.29, 0.717) is 0 Å². The molecule has 0 aromatic heterocycles. The average Bonchev–Trinajstić information content (AvgIpc) is 3.12. The number of hydrogen-bond donors (Lipinski definition) is 2. The summed E-state index contributed by atoms with van der Waals surface area (Å²) in [7, 11) is 3.54. The van der Waals surface area contributed by atoms with Crippen LogP contribution in [0.1, 0.15) is 18.4 Å². The third-order valence-corrected chi connectivity index (χ3v) is 3.35. The first kappa shape index (κ1) is 11.9. The second-order valence-electron chi connectivity index (χ2n) is 4.44. The molecule has 92 valence electrons. The molecule has 2 N–H and O–H groups in total. The Balaban J connectivity index is 2.08. The summed E-state index contributed by atoms with van der Waals surface area (Å²) in [5, 5.41) is 6.18. The van der Waals surface area contributed by atoms with Crippen LogP contribution in [-0.2, 0) is 5.41 Å². The number of benzene rings is 1. The van der Waals surface area contributed by atoms with Gasteiger partial charge in [-0.25, -0.2) is 4.39 Å². The van der Waals surface area contributed by atoms with Crippen molar-refractivity contribution >= 4 is 5.96 Å². The summed E-state index contributed by atoms with van der Waals surface area (Å²) in [6.45, 7) is 0.724. The fourth-order valence-corrected chi connectivity index (χ4v) is 2.12. The summed E-state index contributed by atoms with van der Waals surface area (Å²) < 4.78 is 13.7. The molecule has 0 unspecified atom stereocenters. The molecule has 0 aliphatic heterocycles. The molecule has 2 rings (SSSR count). The first-order valence-corrected chi connectivity index (χ1v) is 5.85. The number of aliphatic imine (C=N–C) groups is 1. The quantitative estimate of drug-likeness (QED) is 0.617. The van der Waals surface area contributed by atoms with Crippen LogP contribution in [0.5, 0.6) is 0 Å². The molecule has 0 radical (unpaired) electrons. The molecule has 0 bridgehead atoms. The summed E-state index contributed by atoms with van der Waals surface area (Å²) in [5.74, 6) is 0.638. The highest BCUT2D eigenvalue weighted by molar-refractivity contribution is 5.79. The summed E-state index contributed by atoms with van der Waals surface area (Å²) in [6.07, 6.45) is 2.06. The van der Waals surface area contributed by atoms with Crippen molar-refractivity contribution in [2.75, 3.05) is 20.6 Å². The summed E-state index contributed by atoms with van der Waals surface area (Å²) in [6, 6.07) is 7.04. The second-order valence-corrected chi connectivity index (χ2v) is 4.44. The number of guanidine groups is 1. The number of nitrogens with zero attached hydrogens (tertiary/aromatic N) is 1. The Hall–Kier alpha value is -1.58. The lowest BCUT2D eigenvalue weighted by Gasteiger charge is -2.18. The van der Waals surface area contributed by atoms with Gasteiger partial charge in [-0.1, -0.05) is 18.2 Å². The van der Waals surface area contributed by atoms with Crippen molar-refractivity contribution in [2.45, 2.75) is 18.3 Å². The van der Waals surface area contributed by atoms with Crippen molar-refractivity contribution in [3.63, 3.8) is 0 Å². The first-order chi connectivity index (χ1) is 8.22. The molecule has 1 aliphatic rings. The van der Waals surface area contributed by atoms with Crippen molar-refractivity contribution in [3.05, 3.63) is 35.6 Å². The van der Waals surface area contributed by atoms with Gasteiger partial charge in [0.1, 0.15) is 5.82 Å². The van der Waals surface area contributed by atoms with Gasteiger partial charge in [-0.2, -0.15) is 0 Å². The van der Waals surface area contributed by atoms with Gasteiger partial charge in [0.2, 0.25) is 0 Å². The van der Waals surface area contributed by atoms with Crippen LogP contribution in [-0.4, -0.2) is 26.6 Å². The Kier molecular flexibility index (Phi) is 3.31. The average molecular weight is 235 g/mol. The number of halogens is 1. The van der Waals surface area contributed by atoms with Crippen LogP contribution in [0.15, 0.2) is 29.3 Å². The molecule has 0 saturated heterocycles. The Morgan fingerprint density at radius 2 is 2.12 bits per heavy atom. The van der Waals surface area contributed by atoms with Crippen LogP contribution >= 0.6 is 0 Å². The van der Waals surface area contributed by atoms with E-state index in [1.165, 1.54) is 6.07 Å². The van der Waals surface area contributed by atoms with Gasteiger partial charge < -0.3 is 10.6 Å². The van der Waals surface area contributed by atoms with Gasteiger partial charge in [-0.05, 0) is 24.5 Å². The molecule has 1 aromatic rings. The van der Waals surface area contributed by atoms with Gasteiger partial charge in [-0.3, -0.25) is 4.99 Å². The Bertz CT molecular complexity index is 424. The minimum atomic E-state index is -0.105. The standard InChI is InChI=1S/C13H18FN3/c1-15-12(16-2)17-9-13(7-8-13)10-5-3-4-6-11(10)14/h3-6H,7-9H2,1-2H3,(H2,15,16,17). The first-order valence-electron chi connectivity index (χ1n) is 5.85. The van der Waals surface area contributed by atoms with Crippen molar-refractivity contribution in [2.24, 2.45) is 4.99 Å². The molecule has 1 aliphatic carbocycles. The number of hydrogen-bond acceptors (Lipinski definition) is 1. The molecule has 0 spiro atoms. The van der Waals surface area contributed by atoms with Gasteiger partial charge >= 0.3 is 0 Å². The van der Waals surface area contributed by atoms with Crippen LogP contribution in [0, 0.1) is 5.82 Å².